The monoisotopic (exact) mass is 280 g/mol. The van der Waals surface area contributed by atoms with Crippen LogP contribution in [0.4, 0.5) is 11.4 Å². The highest BCUT2D eigenvalue weighted by Crippen LogP contribution is 2.25. The van der Waals surface area contributed by atoms with Gasteiger partial charge < -0.3 is 16.0 Å². The third kappa shape index (κ3) is 3.94. The van der Waals surface area contributed by atoms with Crippen LogP contribution in [0.25, 0.3) is 0 Å². The second kappa shape index (κ2) is 7.07. The second-order valence-corrected chi connectivity index (χ2v) is 3.92. The van der Waals surface area contributed by atoms with E-state index in [4.69, 9.17) is 0 Å². The Bertz CT molecular complexity index is 530. The first-order valence-corrected chi connectivity index (χ1v) is 5.94. The Morgan fingerprint density at radius 1 is 1.25 bits per heavy atom. The van der Waals surface area contributed by atoms with Gasteiger partial charge in [0.15, 0.2) is 0 Å². The number of nitro benzene ring substituents is 1. The van der Waals surface area contributed by atoms with Gasteiger partial charge >= 0.3 is 0 Å². The number of nitro groups is 1. The van der Waals surface area contributed by atoms with Gasteiger partial charge in [0, 0.05) is 38.7 Å². The molecule has 0 heterocycles. The quantitative estimate of drug-likeness (QED) is 0.519. The summed E-state index contributed by atoms with van der Waals surface area (Å²) in [4.78, 5) is 33.0. The Balaban J connectivity index is 2.91. The molecule has 0 aliphatic carbocycles. The molecule has 3 N–H and O–H groups in total. The van der Waals surface area contributed by atoms with Gasteiger partial charge in [-0.3, -0.25) is 19.7 Å². The first kappa shape index (κ1) is 15.4. The zero-order valence-electron chi connectivity index (χ0n) is 11.2. The lowest BCUT2D eigenvalue weighted by molar-refractivity contribution is -0.384. The number of anilines is 1. The number of benzene rings is 1. The lowest BCUT2D eigenvalue weighted by Gasteiger charge is -2.08. The van der Waals surface area contributed by atoms with Gasteiger partial charge in [-0.1, -0.05) is 0 Å². The molecule has 20 heavy (non-hydrogen) atoms. The Kier molecular flexibility index (Phi) is 5.45. The van der Waals surface area contributed by atoms with Crippen LogP contribution < -0.4 is 16.0 Å². The number of nitrogens with zero attached hydrogens (tertiary/aromatic N) is 1. The average molecular weight is 280 g/mol. The van der Waals surface area contributed by atoms with Crippen molar-refractivity contribution in [2.24, 2.45) is 0 Å². The molecule has 0 atom stereocenters. The van der Waals surface area contributed by atoms with E-state index >= 15 is 0 Å². The van der Waals surface area contributed by atoms with E-state index in [0.717, 1.165) is 0 Å². The van der Waals surface area contributed by atoms with Crippen molar-refractivity contribution in [3.8, 4) is 0 Å². The fraction of sp³-hybridized carbons (Fsp3) is 0.333. The predicted octanol–water partition coefficient (Wildman–Crippen LogP) is 0.502. The fourth-order valence-electron chi connectivity index (χ4n) is 1.56. The molecular formula is C12H16N4O4. The van der Waals surface area contributed by atoms with Crippen LogP contribution in [0.3, 0.4) is 0 Å². The van der Waals surface area contributed by atoms with Crippen LogP contribution in [0.1, 0.15) is 16.8 Å². The van der Waals surface area contributed by atoms with Crippen LogP contribution >= 0.6 is 0 Å². The first-order valence-electron chi connectivity index (χ1n) is 5.94. The largest absolute Gasteiger partial charge is 0.379 e. The Labute approximate surface area is 115 Å². The molecule has 0 aliphatic heterocycles. The lowest BCUT2D eigenvalue weighted by atomic mass is 10.1. The topological polar surface area (TPSA) is 113 Å². The van der Waals surface area contributed by atoms with Crippen molar-refractivity contribution < 1.29 is 14.5 Å². The summed E-state index contributed by atoms with van der Waals surface area (Å²) in [7, 11) is 2.99. The molecule has 1 rings (SSSR count). The summed E-state index contributed by atoms with van der Waals surface area (Å²) < 4.78 is 0. The number of amides is 2. The van der Waals surface area contributed by atoms with E-state index in [9.17, 15) is 19.7 Å². The minimum Gasteiger partial charge on any atom is -0.379 e. The Morgan fingerprint density at radius 3 is 2.50 bits per heavy atom. The molecule has 2 amide bonds. The van der Waals surface area contributed by atoms with E-state index in [0.29, 0.717) is 5.56 Å². The first-order chi connectivity index (χ1) is 9.49. The molecule has 0 saturated carbocycles. The molecule has 0 radical (unpaired) electrons. The normalized spacial score (nSPS) is 9.70. The standard InChI is InChI=1S/C12H16N4O4/c1-13-11(17)5-6-15-9-7-8(12(18)14-2)3-4-10(9)16(19)20/h3-4,7,15H,5-6H2,1-2H3,(H,13,17)(H,14,18). The van der Waals surface area contributed by atoms with Crippen LogP contribution in [-0.4, -0.2) is 37.4 Å². The Morgan fingerprint density at radius 2 is 1.95 bits per heavy atom. The van der Waals surface area contributed by atoms with Crippen molar-refractivity contribution >= 4 is 23.2 Å². The SMILES string of the molecule is CNC(=O)CCNc1cc(C(=O)NC)ccc1[N+](=O)[O-]. The summed E-state index contributed by atoms with van der Waals surface area (Å²) in [6, 6.07) is 4.02. The van der Waals surface area contributed by atoms with Crippen LogP contribution in [-0.2, 0) is 4.79 Å². The molecular weight excluding hydrogens is 264 g/mol. The zero-order valence-corrected chi connectivity index (χ0v) is 11.2. The number of hydrogen-bond donors (Lipinski definition) is 3. The van der Waals surface area contributed by atoms with E-state index < -0.39 is 4.92 Å². The third-order valence-corrected chi connectivity index (χ3v) is 2.63. The van der Waals surface area contributed by atoms with E-state index in [1.807, 2.05) is 0 Å². The molecule has 8 nitrogen and oxygen atoms in total. The van der Waals surface area contributed by atoms with Crippen LogP contribution in [0.5, 0.6) is 0 Å². The molecule has 0 unspecified atom stereocenters. The van der Waals surface area contributed by atoms with Gasteiger partial charge in [-0.15, -0.1) is 0 Å². The van der Waals surface area contributed by atoms with Crippen molar-refractivity contribution in [3.05, 3.63) is 33.9 Å². The third-order valence-electron chi connectivity index (χ3n) is 2.63. The molecule has 108 valence electrons. The molecule has 1 aromatic carbocycles. The highest BCUT2D eigenvalue weighted by Gasteiger charge is 2.16. The molecule has 0 saturated heterocycles. The summed E-state index contributed by atoms with van der Waals surface area (Å²) in [6.45, 7) is 0.234. The maximum atomic E-state index is 11.5. The lowest BCUT2D eigenvalue weighted by Crippen LogP contribution is -2.21. The van der Waals surface area contributed by atoms with Crippen LogP contribution in [0.2, 0.25) is 0 Å². The maximum absolute atomic E-state index is 11.5. The van der Waals surface area contributed by atoms with Crippen molar-refractivity contribution in [1.82, 2.24) is 10.6 Å². The fourth-order valence-corrected chi connectivity index (χ4v) is 1.56. The molecule has 0 bridgehead atoms. The maximum Gasteiger partial charge on any atom is 0.292 e. The molecule has 0 aliphatic rings. The summed E-state index contributed by atoms with van der Waals surface area (Å²) in [6.07, 6.45) is 0.178. The molecule has 0 aromatic heterocycles. The highest BCUT2D eigenvalue weighted by atomic mass is 16.6. The minimum atomic E-state index is -0.546. The van der Waals surface area contributed by atoms with E-state index in [2.05, 4.69) is 16.0 Å². The van der Waals surface area contributed by atoms with Crippen molar-refractivity contribution in [2.75, 3.05) is 26.0 Å². The summed E-state index contributed by atoms with van der Waals surface area (Å²) >= 11 is 0. The summed E-state index contributed by atoms with van der Waals surface area (Å²) in [5.41, 5.74) is 0.370. The number of hydrogen-bond acceptors (Lipinski definition) is 5. The number of rotatable bonds is 6. The number of carbonyl (C=O) groups excluding carboxylic acids is 2. The van der Waals surface area contributed by atoms with Gasteiger partial charge in [0.25, 0.3) is 11.6 Å². The van der Waals surface area contributed by atoms with Gasteiger partial charge in [-0.05, 0) is 12.1 Å². The van der Waals surface area contributed by atoms with Crippen molar-refractivity contribution in [1.29, 1.82) is 0 Å². The van der Waals surface area contributed by atoms with E-state index in [1.54, 1.807) is 0 Å². The second-order valence-electron chi connectivity index (χ2n) is 3.92. The van der Waals surface area contributed by atoms with Gasteiger partial charge in [0.2, 0.25) is 5.91 Å². The van der Waals surface area contributed by atoms with Gasteiger partial charge in [0.05, 0.1) is 4.92 Å². The molecule has 0 fully saturated rings. The van der Waals surface area contributed by atoms with E-state index in [-0.39, 0.29) is 36.2 Å². The smallest absolute Gasteiger partial charge is 0.292 e. The van der Waals surface area contributed by atoms with Gasteiger partial charge in [0.1, 0.15) is 5.69 Å². The van der Waals surface area contributed by atoms with Crippen molar-refractivity contribution in [2.45, 2.75) is 6.42 Å². The highest BCUT2D eigenvalue weighted by molar-refractivity contribution is 5.95. The summed E-state index contributed by atoms with van der Waals surface area (Å²) in [5.74, 6) is -0.517. The Hall–Kier alpha value is -2.64. The number of nitrogens with one attached hydrogen (secondary N) is 3. The van der Waals surface area contributed by atoms with Crippen LogP contribution in [0.15, 0.2) is 18.2 Å². The predicted molar refractivity (Wildman–Crippen MR) is 73.7 cm³/mol. The van der Waals surface area contributed by atoms with Crippen LogP contribution in [0, 0.1) is 10.1 Å². The summed E-state index contributed by atoms with van der Waals surface area (Å²) in [5, 5.41) is 18.6. The molecule has 8 heteroatoms. The van der Waals surface area contributed by atoms with Gasteiger partial charge in [-0.25, -0.2) is 0 Å². The van der Waals surface area contributed by atoms with Crippen molar-refractivity contribution in [3.63, 3.8) is 0 Å². The zero-order chi connectivity index (χ0) is 15.1. The minimum absolute atomic E-state index is 0.144. The number of carbonyl (C=O) groups is 2. The molecule has 1 aromatic rings. The van der Waals surface area contributed by atoms with E-state index in [1.165, 1.54) is 32.3 Å². The van der Waals surface area contributed by atoms with Gasteiger partial charge in [-0.2, -0.15) is 0 Å². The molecule has 0 spiro atoms. The average Bonchev–Trinajstić information content (AvgIpc) is 2.45.